The number of hydrogen-bond donors (Lipinski definition) is 2. The topological polar surface area (TPSA) is 179 Å². The smallest absolute Gasteiger partial charge is 0.438 e. The number of phosphoric acid groups is 1. The van der Waals surface area contributed by atoms with Crippen LogP contribution in [-0.2, 0) is 39.5 Å². The third kappa shape index (κ3) is 3.43. The second-order valence-electron chi connectivity index (χ2n) is 6.41. The van der Waals surface area contributed by atoms with Gasteiger partial charge in [0.05, 0.1) is 12.9 Å². The molecule has 5 atom stereocenters. The van der Waals surface area contributed by atoms with Gasteiger partial charge in [-0.15, -0.1) is 0 Å². The fourth-order valence-electron chi connectivity index (χ4n) is 3.05. The minimum Gasteiger partial charge on any atom is -0.438 e. The Labute approximate surface area is 162 Å². The summed E-state index contributed by atoms with van der Waals surface area (Å²) in [4.78, 5) is 31.2. The van der Waals surface area contributed by atoms with Crippen molar-refractivity contribution < 1.29 is 37.5 Å². The number of nitrogens with zero attached hydrogens (tertiary/aromatic N) is 4. The van der Waals surface area contributed by atoms with Crippen molar-refractivity contribution >= 4 is 30.9 Å². The summed E-state index contributed by atoms with van der Waals surface area (Å²) in [6.07, 6.45) is -2.95. The molecule has 0 saturated carbocycles. The highest BCUT2D eigenvalue weighted by molar-refractivity contribution is 7.48. The van der Waals surface area contributed by atoms with E-state index < -0.39 is 50.7 Å². The zero-order valence-corrected chi connectivity index (χ0v) is 16.2. The lowest BCUT2D eigenvalue weighted by Crippen LogP contribution is -2.39. The number of hydrogen-bond acceptors (Lipinski definition) is 12. The Hall–Kier alpha value is -2.35. The fraction of sp³-hybridized carbons (Fsp3) is 0.571. The van der Waals surface area contributed by atoms with Gasteiger partial charge >= 0.3 is 13.8 Å². The Bertz CT molecular complexity index is 1070. The molecule has 0 amide bonds. The van der Waals surface area contributed by atoms with E-state index in [0.717, 1.165) is 11.5 Å². The first kappa shape index (κ1) is 19.9. The molecule has 4 heterocycles. The molecule has 0 aliphatic carbocycles. The molecule has 14 nitrogen and oxygen atoms in total. The number of fused-ring (bicyclic) bond motifs is 2. The first-order valence-electron chi connectivity index (χ1n) is 8.43. The summed E-state index contributed by atoms with van der Waals surface area (Å²) in [6.45, 7) is 0.309. The number of aromatic nitrogens is 4. The first-order valence-corrected chi connectivity index (χ1v) is 9.89. The van der Waals surface area contributed by atoms with Crippen LogP contribution in [0.1, 0.15) is 13.2 Å². The number of carbonyl (C=O) groups excluding carboxylic acids is 1. The van der Waals surface area contributed by atoms with Crippen LogP contribution in [0.3, 0.4) is 0 Å². The lowest BCUT2D eigenvalue weighted by Gasteiger charge is -2.30. The quantitative estimate of drug-likeness (QED) is 0.344. The van der Waals surface area contributed by atoms with Crippen molar-refractivity contribution in [2.24, 2.45) is 7.05 Å². The molecule has 2 aromatic heterocycles. The monoisotopic (exact) mass is 431 g/mol. The van der Waals surface area contributed by atoms with Crippen molar-refractivity contribution in [1.82, 2.24) is 19.1 Å². The number of phosphoric ester groups is 1. The number of imidazole rings is 1. The minimum absolute atomic E-state index is 0.0416. The Morgan fingerprint density at radius 2 is 2.28 bits per heavy atom. The standard InChI is InChI=1S/C14H18N5O9P/c1-6(20)24-5-26-29(23)25-3-7-10(28-29)9(21)13(27-7)19-4-16-8-11(19)17-14(15)18(2)12(8)22/h4,7,9-10,13,21H,3,5H2,1-2H3,(H2,15,17)/t7-,9+,10+,13+,29?/m0/s1. The Kier molecular flexibility index (Phi) is 4.93. The van der Waals surface area contributed by atoms with E-state index in [1.54, 1.807) is 0 Å². The summed E-state index contributed by atoms with van der Waals surface area (Å²) in [5, 5.41) is 10.7. The number of nitrogen functional groups attached to an aromatic ring is 1. The van der Waals surface area contributed by atoms with E-state index in [4.69, 9.17) is 24.0 Å². The molecule has 2 fully saturated rings. The van der Waals surface area contributed by atoms with E-state index in [2.05, 4.69) is 14.7 Å². The molecule has 0 spiro atoms. The van der Waals surface area contributed by atoms with Crippen molar-refractivity contribution in [2.75, 3.05) is 19.1 Å². The Morgan fingerprint density at radius 3 is 3.00 bits per heavy atom. The van der Waals surface area contributed by atoms with E-state index in [1.165, 1.54) is 17.9 Å². The number of nitrogens with two attached hydrogens (primary N) is 1. The molecule has 0 bridgehead atoms. The second kappa shape index (κ2) is 7.16. The van der Waals surface area contributed by atoms with Gasteiger partial charge in [-0.2, -0.15) is 4.98 Å². The first-order chi connectivity index (χ1) is 13.7. The van der Waals surface area contributed by atoms with Crippen LogP contribution < -0.4 is 11.3 Å². The SMILES string of the molecule is CC(=O)OCOP1(=O)OC[C@@H]2O[C@@H](n3cnc4c(=O)n(C)c(N)nc43)[C@H](O)[C@@H]2O1. The zero-order valence-electron chi connectivity index (χ0n) is 15.3. The zero-order chi connectivity index (χ0) is 20.9. The number of carbonyl (C=O) groups is 1. The molecule has 158 valence electrons. The summed E-state index contributed by atoms with van der Waals surface area (Å²) in [6, 6.07) is 0. The Morgan fingerprint density at radius 1 is 1.52 bits per heavy atom. The molecule has 4 rings (SSSR count). The highest BCUT2D eigenvalue weighted by atomic mass is 31.2. The van der Waals surface area contributed by atoms with Crippen LogP contribution in [0.2, 0.25) is 0 Å². The molecule has 2 saturated heterocycles. The third-order valence-corrected chi connectivity index (χ3v) is 5.93. The summed E-state index contributed by atoms with van der Waals surface area (Å²) < 4.78 is 40.6. The number of aliphatic hydroxyl groups excluding tert-OH is 1. The highest BCUT2D eigenvalue weighted by Crippen LogP contribution is 2.56. The maximum Gasteiger partial charge on any atom is 0.478 e. The summed E-state index contributed by atoms with van der Waals surface area (Å²) in [7, 11) is -2.63. The van der Waals surface area contributed by atoms with Crippen LogP contribution in [0.4, 0.5) is 5.95 Å². The fourth-order valence-corrected chi connectivity index (χ4v) is 4.31. The second-order valence-corrected chi connectivity index (χ2v) is 8.03. The van der Waals surface area contributed by atoms with Gasteiger partial charge in [0.15, 0.2) is 17.4 Å². The third-order valence-electron chi connectivity index (χ3n) is 4.54. The van der Waals surface area contributed by atoms with E-state index in [-0.39, 0.29) is 23.7 Å². The van der Waals surface area contributed by atoms with Crippen LogP contribution in [0, 0.1) is 0 Å². The average molecular weight is 431 g/mol. The van der Waals surface area contributed by atoms with Crippen molar-refractivity contribution in [2.45, 2.75) is 31.5 Å². The minimum atomic E-state index is -4.08. The van der Waals surface area contributed by atoms with Crippen molar-refractivity contribution in [3.63, 3.8) is 0 Å². The van der Waals surface area contributed by atoms with Gasteiger partial charge in [0.1, 0.15) is 18.3 Å². The Balaban J connectivity index is 1.57. The maximum atomic E-state index is 12.5. The lowest BCUT2D eigenvalue weighted by atomic mass is 10.1. The molecule has 0 radical (unpaired) electrons. The number of esters is 1. The normalized spacial score (nSPS) is 31.7. The predicted molar refractivity (Wildman–Crippen MR) is 93.2 cm³/mol. The van der Waals surface area contributed by atoms with Gasteiger partial charge in [-0.1, -0.05) is 0 Å². The molecular formula is C14H18N5O9P. The largest absolute Gasteiger partial charge is 0.478 e. The van der Waals surface area contributed by atoms with Crippen molar-refractivity contribution in [3.8, 4) is 0 Å². The number of aliphatic hydroxyl groups is 1. The van der Waals surface area contributed by atoms with Gasteiger partial charge in [-0.25, -0.2) is 14.1 Å². The molecule has 29 heavy (non-hydrogen) atoms. The van der Waals surface area contributed by atoms with E-state index in [0.29, 0.717) is 0 Å². The molecular weight excluding hydrogens is 413 g/mol. The lowest BCUT2D eigenvalue weighted by molar-refractivity contribution is -0.150. The number of rotatable bonds is 4. The molecule has 2 aliphatic heterocycles. The molecule has 3 N–H and O–H groups in total. The molecule has 15 heteroatoms. The predicted octanol–water partition coefficient (Wildman–Crippen LogP) is -0.969. The number of ether oxygens (including phenoxy) is 2. The van der Waals surface area contributed by atoms with E-state index in [1.807, 2.05) is 0 Å². The van der Waals surface area contributed by atoms with Gasteiger partial charge in [0, 0.05) is 14.0 Å². The van der Waals surface area contributed by atoms with E-state index >= 15 is 0 Å². The number of anilines is 1. The van der Waals surface area contributed by atoms with Gasteiger partial charge in [0.2, 0.25) is 12.7 Å². The molecule has 2 aliphatic rings. The molecule has 2 aromatic rings. The van der Waals surface area contributed by atoms with Crippen LogP contribution in [0.15, 0.2) is 11.1 Å². The van der Waals surface area contributed by atoms with Crippen LogP contribution in [0.25, 0.3) is 11.2 Å². The summed E-state index contributed by atoms with van der Waals surface area (Å²) in [5.41, 5.74) is 5.44. The van der Waals surface area contributed by atoms with Gasteiger partial charge in [0.25, 0.3) is 5.56 Å². The maximum absolute atomic E-state index is 12.5. The summed E-state index contributed by atoms with van der Waals surface area (Å²) in [5.74, 6) is -0.683. The highest BCUT2D eigenvalue weighted by Gasteiger charge is 2.53. The van der Waals surface area contributed by atoms with Crippen molar-refractivity contribution in [1.29, 1.82) is 0 Å². The summed E-state index contributed by atoms with van der Waals surface area (Å²) >= 11 is 0. The van der Waals surface area contributed by atoms with Gasteiger partial charge in [-0.3, -0.25) is 27.8 Å². The van der Waals surface area contributed by atoms with Crippen LogP contribution in [-0.4, -0.2) is 61.9 Å². The van der Waals surface area contributed by atoms with E-state index in [9.17, 15) is 19.3 Å². The average Bonchev–Trinajstić information content (AvgIpc) is 3.21. The molecule has 0 aromatic carbocycles. The van der Waals surface area contributed by atoms with Gasteiger partial charge in [-0.05, 0) is 0 Å². The van der Waals surface area contributed by atoms with Gasteiger partial charge < -0.3 is 20.3 Å². The van der Waals surface area contributed by atoms with Crippen molar-refractivity contribution in [3.05, 3.63) is 16.7 Å². The molecule has 1 unspecified atom stereocenters. The van der Waals surface area contributed by atoms with Crippen LogP contribution in [0.5, 0.6) is 0 Å². The van der Waals surface area contributed by atoms with Crippen LogP contribution >= 0.6 is 7.82 Å².